The van der Waals surface area contributed by atoms with Crippen molar-refractivity contribution < 1.29 is 9.53 Å². The Balaban J connectivity index is 1.74. The number of carbonyl (C=O) groups is 1. The van der Waals surface area contributed by atoms with Gasteiger partial charge in [0, 0.05) is 24.7 Å². The van der Waals surface area contributed by atoms with Gasteiger partial charge in [0.05, 0.1) is 6.61 Å². The van der Waals surface area contributed by atoms with Crippen molar-refractivity contribution in [2.75, 3.05) is 12.3 Å². The summed E-state index contributed by atoms with van der Waals surface area (Å²) in [7, 11) is 0. The third-order valence-corrected chi connectivity index (χ3v) is 3.67. The lowest BCUT2D eigenvalue weighted by Crippen LogP contribution is -2.39. The highest BCUT2D eigenvalue weighted by molar-refractivity contribution is 5.77. The number of esters is 1. The number of carbonyl (C=O) groups excluding carboxylic acids is 1. The molecule has 3 rings (SSSR count). The third-order valence-electron chi connectivity index (χ3n) is 3.67. The molecule has 1 saturated carbocycles. The Morgan fingerprint density at radius 1 is 1.22 bits per heavy atom. The van der Waals surface area contributed by atoms with Gasteiger partial charge in [0.2, 0.25) is 0 Å². The van der Waals surface area contributed by atoms with Crippen LogP contribution < -0.4 is 5.73 Å². The van der Waals surface area contributed by atoms with Crippen molar-refractivity contribution in [3.63, 3.8) is 0 Å². The molecular weight excluding hydrogens is 228 g/mol. The van der Waals surface area contributed by atoms with Crippen LogP contribution in [0.15, 0.2) is 24.3 Å². The Labute approximate surface area is 107 Å². The molecule has 2 N–H and O–H groups in total. The van der Waals surface area contributed by atoms with Gasteiger partial charge in [-0.05, 0) is 30.5 Å². The molecule has 96 valence electrons. The van der Waals surface area contributed by atoms with Crippen molar-refractivity contribution >= 4 is 11.7 Å². The number of ether oxygens (including phenoxy) is 1. The standard InChI is InChI=1S/C14H18N2O2/c15-11-3-1-10(2-4-11)9-16(12-5-6-12)13-7-8-18-14(13)17/h1-4,12-13H,5-9,15H2. The maximum absolute atomic E-state index is 11.7. The average Bonchev–Trinajstić information content (AvgIpc) is 3.12. The summed E-state index contributed by atoms with van der Waals surface area (Å²) >= 11 is 0. The Morgan fingerprint density at radius 2 is 1.94 bits per heavy atom. The number of nitrogens with two attached hydrogens (primary N) is 1. The van der Waals surface area contributed by atoms with E-state index in [1.807, 2.05) is 24.3 Å². The number of hydrogen-bond donors (Lipinski definition) is 1. The lowest BCUT2D eigenvalue weighted by Gasteiger charge is -2.26. The third kappa shape index (κ3) is 2.34. The second-order valence-electron chi connectivity index (χ2n) is 5.12. The summed E-state index contributed by atoms with van der Waals surface area (Å²) in [4.78, 5) is 14.0. The molecule has 18 heavy (non-hydrogen) atoms. The summed E-state index contributed by atoms with van der Waals surface area (Å²) in [5.74, 6) is -0.0580. The number of nitrogens with zero attached hydrogens (tertiary/aromatic N) is 1. The first-order valence-electron chi connectivity index (χ1n) is 6.51. The molecule has 2 fully saturated rings. The molecule has 1 aromatic rings. The molecule has 1 unspecified atom stereocenters. The van der Waals surface area contributed by atoms with Crippen LogP contribution in [-0.4, -0.2) is 29.6 Å². The van der Waals surface area contributed by atoms with Gasteiger partial charge >= 0.3 is 5.97 Å². The minimum absolute atomic E-state index is 0.0462. The van der Waals surface area contributed by atoms with E-state index in [2.05, 4.69) is 4.90 Å². The maximum Gasteiger partial charge on any atom is 0.323 e. The van der Waals surface area contributed by atoms with Crippen LogP contribution in [0.4, 0.5) is 5.69 Å². The van der Waals surface area contributed by atoms with Crippen LogP contribution >= 0.6 is 0 Å². The summed E-state index contributed by atoms with van der Waals surface area (Å²) in [6.45, 7) is 1.37. The smallest absolute Gasteiger partial charge is 0.323 e. The van der Waals surface area contributed by atoms with E-state index >= 15 is 0 Å². The van der Waals surface area contributed by atoms with Crippen molar-refractivity contribution in [2.45, 2.75) is 37.9 Å². The zero-order chi connectivity index (χ0) is 12.5. The summed E-state index contributed by atoms with van der Waals surface area (Å²) in [5.41, 5.74) is 7.67. The number of cyclic esters (lactones) is 1. The lowest BCUT2D eigenvalue weighted by molar-refractivity contribution is -0.142. The van der Waals surface area contributed by atoms with Crippen molar-refractivity contribution in [2.24, 2.45) is 0 Å². The van der Waals surface area contributed by atoms with Crippen molar-refractivity contribution in [3.05, 3.63) is 29.8 Å². The fourth-order valence-corrected chi connectivity index (χ4v) is 2.52. The van der Waals surface area contributed by atoms with Crippen LogP contribution in [0.1, 0.15) is 24.8 Å². The van der Waals surface area contributed by atoms with E-state index in [-0.39, 0.29) is 12.0 Å². The molecule has 4 nitrogen and oxygen atoms in total. The number of benzene rings is 1. The van der Waals surface area contributed by atoms with Gasteiger partial charge in [-0.1, -0.05) is 12.1 Å². The second kappa shape index (κ2) is 4.61. The minimum Gasteiger partial charge on any atom is -0.464 e. The Hall–Kier alpha value is -1.55. The molecule has 0 amide bonds. The Bertz CT molecular complexity index is 440. The van der Waals surface area contributed by atoms with Crippen molar-refractivity contribution in [1.82, 2.24) is 4.90 Å². The first kappa shape index (κ1) is 11.5. The Kier molecular flexibility index (Phi) is 2.96. The van der Waals surface area contributed by atoms with Crippen LogP contribution in [0.3, 0.4) is 0 Å². The molecule has 1 aromatic carbocycles. The van der Waals surface area contributed by atoms with Crippen LogP contribution in [0.25, 0.3) is 0 Å². The van der Waals surface area contributed by atoms with Gasteiger partial charge < -0.3 is 10.5 Å². The van der Waals surface area contributed by atoms with E-state index < -0.39 is 0 Å². The molecule has 2 aliphatic rings. The maximum atomic E-state index is 11.7. The molecule has 0 spiro atoms. The Morgan fingerprint density at radius 3 is 2.50 bits per heavy atom. The highest BCUT2D eigenvalue weighted by Gasteiger charge is 2.40. The monoisotopic (exact) mass is 246 g/mol. The van der Waals surface area contributed by atoms with Gasteiger partial charge in [-0.3, -0.25) is 9.69 Å². The summed E-state index contributed by atoms with van der Waals surface area (Å²) in [6.07, 6.45) is 3.21. The molecule has 1 atom stereocenters. The molecule has 1 heterocycles. The van der Waals surface area contributed by atoms with Crippen LogP contribution in [0, 0.1) is 0 Å². The lowest BCUT2D eigenvalue weighted by atomic mass is 10.1. The number of rotatable bonds is 4. The highest BCUT2D eigenvalue weighted by Crippen LogP contribution is 2.32. The molecule has 0 bridgehead atoms. The highest BCUT2D eigenvalue weighted by atomic mass is 16.5. The SMILES string of the molecule is Nc1ccc(CN(C2CC2)C2CCOC2=O)cc1. The molecule has 1 saturated heterocycles. The van der Waals surface area contributed by atoms with Gasteiger partial charge in [-0.25, -0.2) is 0 Å². The second-order valence-corrected chi connectivity index (χ2v) is 5.12. The van der Waals surface area contributed by atoms with Gasteiger partial charge in [0.15, 0.2) is 0 Å². The predicted octanol–water partition coefficient (Wildman–Crippen LogP) is 1.55. The molecule has 1 aliphatic carbocycles. The van der Waals surface area contributed by atoms with Gasteiger partial charge in [0.25, 0.3) is 0 Å². The van der Waals surface area contributed by atoms with Crippen LogP contribution in [0.5, 0.6) is 0 Å². The number of nitrogen functional groups attached to an aromatic ring is 1. The van der Waals surface area contributed by atoms with Gasteiger partial charge in [0.1, 0.15) is 6.04 Å². The van der Waals surface area contributed by atoms with E-state index in [0.29, 0.717) is 12.6 Å². The fraction of sp³-hybridized carbons (Fsp3) is 0.500. The normalized spacial score (nSPS) is 23.4. The summed E-state index contributed by atoms with van der Waals surface area (Å²) in [6, 6.07) is 8.39. The first-order chi connectivity index (χ1) is 8.74. The van der Waals surface area contributed by atoms with Gasteiger partial charge in [-0.2, -0.15) is 0 Å². The minimum atomic E-state index is -0.0580. The fourth-order valence-electron chi connectivity index (χ4n) is 2.52. The van der Waals surface area contributed by atoms with E-state index in [1.54, 1.807) is 0 Å². The largest absolute Gasteiger partial charge is 0.464 e. The quantitative estimate of drug-likeness (QED) is 0.647. The summed E-state index contributed by atoms with van der Waals surface area (Å²) in [5, 5.41) is 0. The van der Waals surface area contributed by atoms with Gasteiger partial charge in [-0.15, -0.1) is 0 Å². The molecule has 4 heteroatoms. The zero-order valence-corrected chi connectivity index (χ0v) is 10.3. The number of anilines is 1. The zero-order valence-electron chi connectivity index (χ0n) is 10.3. The van der Waals surface area contributed by atoms with E-state index in [9.17, 15) is 4.79 Å². The van der Waals surface area contributed by atoms with E-state index in [1.165, 1.54) is 18.4 Å². The topological polar surface area (TPSA) is 55.6 Å². The predicted molar refractivity (Wildman–Crippen MR) is 68.8 cm³/mol. The summed E-state index contributed by atoms with van der Waals surface area (Å²) < 4.78 is 5.08. The van der Waals surface area contributed by atoms with Crippen molar-refractivity contribution in [1.29, 1.82) is 0 Å². The molecular formula is C14H18N2O2. The molecule has 1 aliphatic heterocycles. The van der Waals surface area contributed by atoms with Crippen LogP contribution in [-0.2, 0) is 16.1 Å². The van der Waals surface area contributed by atoms with Crippen molar-refractivity contribution in [3.8, 4) is 0 Å². The molecule has 0 aromatic heterocycles. The van der Waals surface area contributed by atoms with E-state index in [4.69, 9.17) is 10.5 Å². The first-order valence-corrected chi connectivity index (χ1v) is 6.51. The van der Waals surface area contributed by atoms with Crippen LogP contribution in [0.2, 0.25) is 0 Å². The van der Waals surface area contributed by atoms with E-state index in [0.717, 1.165) is 18.7 Å². The average molecular weight is 246 g/mol. The molecule has 0 radical (unpaired) electrons. The number of hydrogen-bond acceptors (Lipinski definition) is 4.